The highest BCUT2D eigenvalue weighted by Gasteiger charge is 2.16. The molecule has 0 aromatic heterocycles. The van der Waals surface area contributed by atoms with Gasteiger partial charge in [-0.2, -0.15) is 5.26 Å². The molecular weight excluding hydrogens is 366 g/mol. The first-order chi connectivity index (χ1) is 12.9. The number of carbonyl (C=O) groups excluding carboxylic acids is 1. The van der Waals surface area contributed by atoms with Gasteiger partial charge in [0.25, 0.3) is 0 Å². The van der Waals surface area contributed by atoms with E-state index in [1.54, 1.807) is 43.5 Å². The van der Waals surface area contributed by atoms with Crippen LogP contribution in [-0.2, 0) is 0 Å². The molecule has 0 aliphatic carbocycles. The average Bonchev–Trinajstić information content (AvgIpc) is 2.67. The normalized spacial score (nSPS) is 11.1. The van der Waals surface area contributed by atoms with Crippen molar-refractivity contribution in [2.45, 2.75) is 20.0 Å². The Balaban J connectivity index is 2.40. The summed E-state index contributed by atoms with van der Waals surface area (Å²) >= 11 is 6.30. The summed E-state index contributed by atoms with van der Waals surface area (Å²) in [6.07, 6.45) is 1.39. The first kappa shape index (κ1) is 20.3. The van der Waals surface area contributed by atoms with E-state index >= 15 is 0 Å². The first-order valence-corrected chi connectivity index (χ1v) is 8.62. The van der Waals surface area contributed by atoms with Gasteiger partial charge in [-0.3, -0.25) is 4.79 Å². The number of carbonyl (C=O) groups is 1. The number of ketones is 1. The van der Waals surface area contributed by atoms with E-state index in [1.165, 1.54) is 13.2 Å². The van der Waals surface area contributed by atoms with Gasteiger partial charge in [0.2, 0.25) is 5.78 Å². The minimum Gasteiger partial charge on any atom is -0.497 e. The lowest BCUT2D eigenvalue weighted by molar-refractivity contribution is 0.104. The van der Waals surface area contributed by atoms with Crippen molar-refractivity contribution in [1.29, 1.82) is 5.26 Å². The lowest BCUT2D eigenvalue weighted by Crippen LogP contribution is -2.07. The molecule has 0 heterocycles. The Kier molecular flexibility index (Phi) is 6.86. The molecule has 0 saturated heterocycles. The van der Waals surface area contributed by atoms with Gasteiger partial charge < -0.3 is 14.2 Å². The molecule has 0 saturated carbocycles. The maximum atomic E-state index is 12.6. The predicted octanol–water partition coefficient (Wildman–Crippen LogP) is 4.93. The average molecular weight is 386 g/mol. The van der Waals surface area contributed by atoms with Crippen molar-refractivity contribution in [3.05, 3.63) is 58.1 Å². The molecule has 0 amide bonds. The van der Waals surface area contributed by atoms with Crippen LogP contribution in [-0.4, -0.2) is 26.1 Å². The molecule has 0 fully saturated rings. The number of benzene rings is 2. The number of nitriles is 1. The number of hydrogen-bond acceptors (Lipinski definition) is 5. The van der Waals surface area contributed by atoms with E-state index in [9.17, 15) is 10.1 Å². The Morgan fingerprint density at radius 2 is 1.81 bits per heavy atom. The van der Waals surface area contributed by atoms with Gasteiger partial charge >= 0.3 is 0 Å². The predicted molar refractivity (Wildman–Crippen MR) is 105 cm³/mol. The molecule has 2 aromatic carbocycles. The van der Waals surface area contributed by atoms with Crippen LogP contribution in [0, 0.1) is 11.3 Å². The fourth-order valence-corrected chi connectivity index (χ4v) is 2.65. The lowest BCUT2D eigenvalue weighted by atomic mass is 10.0. The van der Waals surface area contributed by atoms with Crippen LogP contribution >= 0.6 is 11.6 Å². The number of ether oxygens (including phenoxy) is 3. The molecule has 0 aliphatic heterocycles. The lowest BCUT2D eigenvalue weighted by Gasteiger charge is -2.15. The largest absolute Gasteiger partial charge is 0.497 e. The summed E-state index contributed by atoms with van der Waals surface area (Å²) in [6.45, 7) is 3.76. The molecule has 5 nitrogen and oxygen atoms in total. The summed E-state index contributed by atoms with van der Waals surface area (Å²) in [6, 6.07) is 11.8. The third-order valence-electron chi connectivity index (χ3n) is 3.63. The van der Waals surface area contributed by atoms with Crippen molar-refractivity contribution in [3.8, 4) is 23.3 Å². The van der Waals surface area contributed by atoms with Crippen molar-refractivity contribution in [2.75, 3.05) is 14.2 Å². The molecule has 0 aliphatic rings. The van der Waals surface area contributed by atoms with E-state index in [0.29, 0.717) is 33.4 Å². The van der Waals surface area contributed by atoms with Crippen LogP contribution < -0.4 is 14.2 Å². The van der Waals surface area contributed by atoms with E-state index in [-0.39, 0.29) is 11.7 Å². The first-order valence-electron chi connectivity index (χ1n) is 8.24. The number of Topliss-reactive ketones (excluding diaryl/α,β-unsaturated/α-hetero) is 1. The Hall–Kier alpha value is -2.97. The van der Waals surface area contributed by atoms with Gasteiger partial charge in [-0.05, 0) is 61.9 Å². The zero-order valence-electron chi connectivity index (χ0n) is 15.6. The summed E-state index contributed by atoms with van der Waals surface area (Å²) in [5.74, 6) is 1.09. The number of halogens is 1. The van der Waals surface area contributed by atoms with Crippen LogP contribution in [0.5, 0.6) is 17.2 Å². The molecule has 27 heavy (non-hydrogen) atoms. The van der Waals surface area contributed by atoms with E-state index in [4.69, 9.17) is 25.8 Å². The summed E-state index contributed by atoms with van der Waals surface area (Å²) in [7, 11) is 3.04. The second kappa shape index (κ2) is 9.11. The zero-order chi connectivity index (χ0) is 20.0. The second-order valence-corrected chi connectivity index (χ2v) is 6.34. The molecule has 0 unspecified atom stereocenters. The number of rotatable bonds is 7. The standard InChI is InChI=1S/C21H20ClNO4/c1-13(2)27-21-18(22)10-14(11-19(21)26-4)9-16(12-23)20(24)15-5-7-17(25-3)8-6-15/h5-11,13H,1-4H3/b16-9+. The third-order valence-corrected chi connectivity index (χ3v) is 3.91. The Bertz CT molecular complexity index is 896. The molecule has 2 rings (SSSR count). The van der Waals surface area contributed by atoms with E-state index < -0.39 is 5.78 Å². The van der Waals surface area contributed by atoms with Crippen molar-refractivity contribution >= 4 is 23.5 Å². The molecule has 0 N–H and O–H groups in total. The molecule has 0 spiro atoms. The van der Waals surface area contributed by atoms with Gasteiger partial charge in [-0.25, -0.2) is 0 Å². The molecule has 0 bridgehead atoms. The highest BCUT2D eigenvalue weighted by Crippen LogP contribution is 2.37. The molecule has 6 heteroatoms. The maximum absolute atomic E-state index is 12.6. The van der Waals surface area contributed by atoms with Crippen LogP contribution in [0.15, 0.2) is 42.0 Å². The monoisotopic (exact) mass is 385 g/mol. The quantitative estimate of drug-likeness (QED) is 0.384. The molecule has 0 radical (unpaired) electrons. The fraction of sp³-hybridized carbons (Fsp3) is 0.238. The Morgan fingerprint density at radius 3 is 2.33 bits per heavy atom. The van der Waals surface area contributed by atoms with Crippen molar-refractivity contribution in [2.24, 2.45) is 0 Å². The van der Waals surface area contributed by atoms with Gasteiger partial charge in [0, 0.05) is 5.56 Å². The van der Waals surface area contributed by atoms with E-state index in [0.717, 1.165) is 0 Å². The number of allylic oxidation sites excluding steroid dienone is 1. The smallest absolute Gasteiger partial charge is 0.203 e. The van der Waals surface area contributed by atoms with E-state index in [2.05, 4.69) is 0 Å². The van der Waals surface area contributed by atoms with Gasteiger partial charge in [-0.15, -0.1) is 0 Å². The number of methoxy groups -OCH3 is 2. The fourth-order valence-electron chi connectivity index (χ4n) is 2.39. The Morgan fingerprint density at radius 1 is 1.15 bits per heavy atom. The second-order valence-electron chi connectivity index (χ2n) is 5.93. The third kappa shape index (κ3) is 5.02. The van der Waals surface area contributed by atoms with Crippen LogP contribution in [0.25, 0.3) is 6.08 Å². The molecule has 140 valence electrons. The Labute approximate surface area is 163 Å². The topological polar surface area (TPSA) is 68.6 Å². The van der Waals surface area contributed by atoms with Crippen LogP contribution in [0.1, 0.15) is 29.8 Å². The van der Waals surface area contributed by atoms with Crippen molar-refractivity contribution in [1.82, 2.24) is 0 Å². The van der Waals surface area contributed by atoms with Gasteiger partial charge in [0.15, 0.2) is 11.5 Å². The summed E-state index contributed by atoms with van der Waals surface area (Å²) < 4.78 is 16.1. The minimum atomic E-state index is -0.391. The van der Waals surface area contributed by atoms with Gasteiger partial charge in [-0.1, -0.05) is 11.6 Å². The summed E-state index contributed by atoms with van der Waals surface area (Å²) in [4.78, 5) is 12.6. The minimum absolute atomic E-state index is 0.0178. The van der Waals surface area contributed by atoms with Crippen LogP contribution in [0.4, 0.5) is 0 Å². The summed E-state index contributed by atoms with van der Waals surface area (Å²) in [5.41, 5.74) is 0.934. The highest BCUT2D eigenvalue weighted by atomic mass is 35.5. The highest BCUT2D eigenvalue weighted by molar-refractivity contribution is 6.32. The summed E-state index contributed by atoms with van der Waals surface area (Å²) in [5, 5.41) is 9.77. The van der Waals surface area contributed by atoms with Crippen molar-refractivity contribution < 1.29 is 19.0 Å². The van der Waals surface area contributed by atoms with E-state index in [1.807, 2.05) is 19.9 Å². The molecular formula is C21H20ClNO4. The molecule has 0 atom stereocenters. The molecule has 2 aromatic rings. The van der Waals surface area contributed by atoms with Crippen LogP contribution in [0.3, 0.4) is 0 Å². The van der Waals surface area contributed by atoms with Crippen LogP contribution in [0.2, 0.25) is 5.02 Å². The van der Waals surface area contributed by atoms with Gasteiger partial charge in [0.1, 0.15) is 17.4 Å². The van der Waals surface area contributed by atoms with Gasteiger partial charge in [0.05, 0.1) is 25.3 Å². The zero-order valence-corrected chi connectivity index (χ0v) is 16.3. The SMILES string of the molecule is COc1ccc(C(=O)/C(C#N)=C/c2cc(Cl)c(OC(C)C)c(OC)c2)cc1. The number of nitrogens with zero attached hydrogens (tertiary/aromatic N) is 1. The maximum Gasteiger partial charge on any atom is 0.203 e. The number of hydrogen-bond donors (Lipinski definition) is 0. The van der Waals surface area contributed by atoms with Crippen molar-refractivity contribution in [3.63, 3.8) is 0 Å².